The Kier molecular flexibility index (Phi) is 8.40. The number of hydrogen-bond donors (Lipinski definition) is 0. The third kappa shape index (κ3) is 5.81. The zero-order valence-corrected chi connectivity index (χ0v) is 19.6. The van der Waals surface area contributed by atoms with Crippen LogP contribution in [-0.2, 0) is 30.4 Å². The second kappa shape index (κ2) is 11.4. The van der Waals surface area contributed by atoms with Gasteiger partial charge in [0.25, 0.3) is 0 Å². The Morgan fingerprint density at radius 1 is 1.00 bits per heavy atom. The summed E-state index contributed by atoms with van der Waals surface area (Å²) in [5, 5.41) is 0. The second-order valence-corrected chi connectivity index (χ2v) is 8.17. The van der Waals surface area contributed by atoms with Crippen LogP contribution < -0.4 is 0 Å². The van der Waals surface area contributed by atoms with Gasteiger partial charge in [-0.3, -0.25) is 14.5 Å². The van der Waals surface area contributed by atoms with E-state index < -0.39 is 35.9 Å². The van der Waals surface area contributed by atoms with Crippen LogP contribution in [-0.4, -0.2) is 55.0 Å². The van der Waals surface area contributed by atoms with Gasteiger partial charge in [-0.15, -0.1) is 0 Å². The first-order valence-electron chi connectivity index (χ1n) is 11.2. The lowest BCUT2D eigenvalue weighted by atomic mass is 9.82. The molecule has 34 heavy (non-hydrogen) atoms. The van der Waals surface area contributed by atoms with Crippen LogP contribution in [0.1, 0.15) is 34.8 Å². The van der Waals surface area contributed by atoms with Gasteiger partial charge in [0.15, 0.2) is 5.78 Å². The van der Waals surface area contributed by atoms with Crippen LogP contribution in [0.5, 0.6) is 0 Å². The van der Waals surface area contributed by atoms with Gasteiger partial charge >= 0.3 is 18.0 Å². The lowest BCUT2D eigenvalue weighted by molar-refractivity contribution is -0.150. The SMILES string of the molecule is CCOC(=O)[C@@H]1[C@@H](CC(=O)OC)[C@@H](C(=O)c2cccc(C)c2)CN1C(=O)OCc1ccccc1. The summed E-state index contributed by atoms with van der Waals surface area (Å²) >= 11 is 0. The maximum absolute atomic E-state index is 13.5. The molecule has 180 valence electrons. The number of likely N-dealkylation sites (tertiary alicyclic amines) is 1. The Bertz CT molecular complexity index is 1040. The number of aryl methyl sites for hydroxylation is 1. The summed E-state index contributed by atoms with van der Waals surface area (Å²) in [4.78, 5) is 52.9. The van der Waals surface area contributed by atoms with Gasteiger partial charge < -0.3 is 14.2 Å². The van der Waals surface area contributed by atoms with Crippen molar-refractivity contribution < 1.29 is 33.4 Å². The summed E-state index contributed by atoms with van der Waals surface area (Å²) in [5.74, 6) is -3.15. The van der Waals surface area contributed by atoms with Crippen molar-refractivity contribution in [1.82, 2.24) is 4.90 Å². The van der Waals surface area contributed by atoms with Crippen LogP contribution in [0.15, 0.2) is 54.6 Å². The van der Waals surface area contributed by atoms with E-state index in [4.69, 9.17) is 14.2 Å². The number of carbonyl (C=O) groups excluding carboxylic acids is 4. The molecule has 8 nitrogen and oxygen atoms in total. The number of nitrogens with zero attached hydrogens (tertiary/aromatic N) is 1. The van der Waals surface area contributed by atoms with Gasteiger partial charge in [0.05, 0.1) is 20.1 Å². The summed E-state index contributed by atoms with van der Waals surface area (Å²) in [6, 6.07) is 15.0. The number of amides is 1. The van der Waals surface area contributed by atoms with E-state index in [9.17, 15) is 19.2 Å². The van der Waals surface area contributed by atoms with Crippen LogP contribution in [0.2, 0.25) is 0 Å². The zero-order chi connectivity index (χ0) is 24.7. The van der Waals surface area contributed by atoms with Gasteiger partial charge in [0, 0.05) is 23.9 Å². The molecule has 0 unspecified atom stereocenters. The fourth-order valence-corrected chi connectivity index (χ4v) is 4.25. The molecule has 0 saturated carbocycles. The van der Waals surface area contributed by atoms with E-state index in [1.807, 2.05) is 43.3 Å². The minimum Gasteiger partial charge on any atom is -0.469 e. The Hall–Kier alpha value is -3.68. The fraction of sp³-hybridized carbons (Fsp3) is 0.385. The normalized spacial score (nSPS) is 19.4. The number of methoxy groups -OCH3 is 1. The summed E-state index contributed by atoms with van der Waals surface area (Å²) in [6.45, 7) is 3.53. The molecule has 0 bridgehead atoms. The number of rotatable bonds is 8. The molecule has 0 spiro atoms. The Morgan fingerprint density at radius 3 is 2.38 bits per heavy atom. The molecule has 3 rings (SSSR count). The summed E-state index contributed by atoms with van der Waals surface area (Å²) in [7, 11) is 1.24. The van der Waals surface area contributed by atoms with Gasteiger partial charge in [-0.1, -0.05) is 54.1 Å². The third-order valence-corrected chi connectivity index (χ3v) is 5.89. The number of Topliss-reactive ketones (excluding diaryl/α,β-unsaturated/α-hetero) is 1. The summed E-state index contributed by atoms with van der Waals surface area (Å²) < 4.78 is 15.5. The highest BCUT2D eigenvalue weighted by molar-refractivity contribution is 6.00. The fourth-order valence-electron chi connectivity index (χ4n) is 4.25. The van der Waals surface area contributed by atoms with Gasteiger partial charge in [0.2, 0.25) is 0 Å². The highest BCUT2D eigenvalue weighted by Crippen LogP contribution is 2.36. The molecule has 1 amide bonds. The maximum Gasteiger partial charge on any atom is 0.410 e. The highest BCUT2D eigenvalue weighted by atomic mass is 16.6. The van der Waals surface area contributed by atoms with Crippen LogP contribution >= 0.6 is 0 Å². The third-order valence-electron chi connectivity index (χ3n) is 5.89. The largest absolute Gasteiger partial charge is 0.469 e. The first-order valence-corrected chi connectivity index (χ1v) is 11.2. The molecule has 2 aromatic carbocycles. The van der Waals surface area contributed by atoms with Gasteiger partial charge in [-0.25, -0.2) is 9.59 Å². The smallest absolute Gasteiger partial charge is 0.410 e. The molecule has 1 fully saturated rings. The van der Waals surface area contributed by atoms with Crippen molar-refractivity contribution in [1.29, 1.82) is 0 Å². The average molecular weight is 468 g/mol. The predicted molar refractivity (Wildman–Crippen MR) is 123 cm³/mol. The number of carbonyl (C=O) groups is 4. The monoisotopic (exact) mass is 467 g/mol. The molecule has 1 heterocycles. The lowest BCUT2D eigenvalue weighted by Gasteiger charge is -2.25. The second-order valence-electron chi connectivity index (χ2n) is 8.17. The molecule has 0 N–H and O–H groups in total. The van der Waals surface area contributed by atoms with Crippen LogP contribution in [0, 0.1) is 18.8 Å². The van der Waals surface area contributed by atoms with Crippen molar-refractivity contribution in [3.05, 3.63) is 71.3 Å². The Morgan fingerprint density at radius 2 is 1.74 bits per heavy atom. The molecule has 1 saturated heterocycles. The Balaban J connectivity index is 1.92. The van der Waals surface area contributed by atoms with Crippen molar-refractivity contribution in [3.63, 3.8) is 0 Å². The minimum atomic E-state index is -1.15. The van der Waals surface area contributed by atoms with E-state index in [2.05, 4.69) is 0 Å². The molecular weight excluding hydrogens is 438 g/mol. The van der Waals surface area contributed by atoms with Crippen molar-refractivity contribution >= 4 is 23.8 Å². The zero-order valence-electron chi connectivity index (χ0n) is 19.6. The standard InChI is InChI=1S/C26H29NO7/c1-4-33-25(30)23-20(14-22(28)32-3)21(24(29)19-12-8-9-17(2)13-19)15-27(23)26(31)34-16-18-10-6-5-7-11-18/h5-13,20-21,23H,4,14-16H2,1-3H3/t20-,21-,23-/m0/s1. The van der Waals surface area contributed by atoms with Crippen molar-refractivity contribution in [2.75, 3.05) is 20.3 Å². The van der Waals surface area contributed by atoms with Gasteiger partial charge in [0.1, 0.15) is 12.6 Å². The number of esters is 2. The number of ketones is 1. The number of benzene rings is 2. The first-order chi connectivity index (χ1) is 16.3. The van der Waals surface area contributed by atoms with E-state index in [-0.39, 0.29) is 32.0 Å². The molecule has 1 aliphatic rings. The number of hydrogen-bond acceptors (Lipinski definition) is 7. The molecular formula is C26H29NO7. The Labute approximate surface area is 198 Å². The molecule has 0 radical (unpaired) electrons. The topological polar surface area (TPSA) is 99.2 Å². The van der Waals surface area contributed by atoms with E-state index in [1.165, 1.54) is 12.0 Å². The summed E-state index contributed by atoms with van der Waals surface area (Å²) in [5.41, 5.74) is 2.12. The molecule has 2 aromatic rings. The average Bonchev–Trinajstić information content (AvgIpc) is 3.21. The van der Waals surface area contributed by atoms with E-state index >= 15 is 0 Å². The van der Waals surface area contributed by atoms with E-state index in [0.717, 1.165) is 11.1 Å². The molecule has 8 heteroatoms. The van der Waals surface area contributed by atoms with Crippen molar-refractivity contribution in [2.24, 2.45) is 11.8 Å². The lowest BCUT2D eigenvalue weighted by Crippen LogP contribution is -2.45. The molecule has 1 aliphatic heterocycles. The van der Waals surface area contributed by atoms with Crippen LogP contribution in [0.3, 0.4) is 0 Å². The van der Waals surface area contributed by atoms with Crippen LogP contribution in [0.4, 0.5) is 4.79 Å². The molecule has 0 aliphatic carbocycles. The van der Waals surface area contributed by atoms with Crippen LogP contribution in [0.25, 0.3) is 0 Å². The van der Waals surface area contributed by atoms with E-state index in [0.29, 0.717) is 5.56 Å². The van der Waals surface area contributed by atoms with Crippen molar-refractivity contribution in [3.8, 4) is 0 Å². The van der Waals surface area contributed by atoms with Gasteiger partial charge in [-0.05, 0) is 25.5 Å². The first kappa shape index (κ1) is 25.0. The quantitative estimate of drug-likeness (QED) is 0.333. The minimum absolute atomic E-state index is 0.00385. The predicted octanol–water partition coefficient (Wildman–Crippen LogP) is 3.56. The van der Waals surface area contributed by atoms with Gasteiger partial charge in [-0.2, -0.15) is 0 Å². The van der Waals surface area contributed by atoms with E-state index in [1.54, 1.807) is 25.1 Å². The molecule has 0 aromatic heterocycles. The number of ether oxygens (including phenoxy) is 3. The highest BCUT2D eigenvalue weighted by Gasteiger charge is 2.52. The summed E-state index contributed by atoms with van der Waals surface area (Å²) in [6.07, 6.45) is -0.971. The maximum atomic E-state index is 13.5. The van der Waals surface area contributed by atoms with Crippen molar-refractivity contribution in [2.45, 2.75) is 32.9 Å². The molecule has 3 atom stereocenters.